The van der Waals surface area contributed by atoms with Crippen molar-refractivity contribution in [3.05, 3.63) is 28.2 Å². The van der Waals surface area contributed by atoms with Crippen LogP contribution < -0.4 is 10.1 Å². The van der Waals surface area contributed by atoms with E-state index in [1.165, 1.54) is 5.56 Å². The summed E-state index contributed by atoms with van der Waals surface area (Å²) in [4.78, 5) is 0. The number of nitrogens with one attached hydrogen (secondary N) is 1. The van der Waals surface area contributed by atoms with Gasteiger partial charge < -0.3 is 10.1 Å². The zero-order valence-electron chi connectivity index (χ0n) is 10.4. The summed E-state index contributed by atoms with van der Waals surface area (Å²) in [5.41, 5.74) is 1.26. The number of rotatable bonds is 5. The van der Waals surface area contributed by atoms with Gasteiger partial charge in [0.25, 0.3) is 0 Å². The van der Waals surface area contributed by atoms with Crippen molar-refractivity contribution in [1.29, 1.82) is 0 Å². The first-order valence-electron chi connectivity index (χ1n) is 5.68. The fraction of sp³-hybridized carbons (Fsp3) is 0.538. The summed E-state index contributed by atoms with van der Waals surface area (Å²) in [5, 5.41) is 3.55. The number of hydrogen-bond donors (Lipinski definition) is 1. The second-order valence-electron chi connectivity index (χ2n) is 4.09. The molecule has 0 amide bonds. The summed E-state index contributed by atoms with van der Waals surface area (Å²) in [7, 11) is 1.68. The monoisotopic (exact) mass is 285 g/mol. The molecule has 0 aromatic heterocycles. The second-order valence-corrected chi connectivity index (χ2v) is 4.94. The molecule has 0 fully saturated rings. The average molecular weight is 286 g/mol. The smallest absolute Gasteiger partial charge is 0.120 e. The van der Waals surface area contributed by atoms with Crippen molar-refractivity contribution in [2.45, 2.75) is 39.3 Å². The van der Waals surface area contributed by atoms with E-state index in [4.69, 9.17) is 4.74 Å². The van der Waals surface area contributed by atoms with E-state index in [1.807, 2.05) is 12.1 Å². The predicted octanol–water partition coefficient (Wildman–Crippen LogP) is 3.91. The fourth-order valence-electron chi connectivity index (χ4n) is 1.62. The Kier molecular flexibility index (Phi) is 5.29. The fourth-order valence-corrected chi connectivity index (χ4v) is 2.32. The molecule has 0 spiro atoms. The van der Waals surface area contributed by atoms with Crippen LogP contribution in [0.15, 0.2) is 22.7 Å². The molecule has 1 aromatic rings. The molecule has 0 bridgehead atoms. The van der Waals surface area contributed by atoms with Crippen LogP contribution in [0, 0.1) is 0 Å². The lowest BCUT2D eigenvalue weighted by Gasteiger charge is -2.20. The molecule has 1 aromatic carbocycles. The van der Waals surface area contributed by atoms with Crippen LogP contribution in [-0.2, 0) is 0 Å². The zero-order chi connectivity index (χ0) is 12.1. The quantitative estimate of drug-likeness (QED) is 0.886. The molecule has 2 atom stereocenters. The maximum absolute atomic E-state index is 5.18. The molecule has 90 valence electrons. The minimum atomic E-state index is 0.343. The number of benzene rings is 1. The summed E-state index contributed by atoms with van der Waals surface area (Å²) in [6.45, 7) is 6.57. The first kappa shape index (κ1) is 13.5. The summed E-state index contributed by atoms with van der Waals surface area (Å²) in [6, 6.07) is 6.97. The Bertz CT molecular complexity index is 341. The zero-order valence-corrected chi connectivity index (χ0v) is 12.0. The predicted molar refractivity (Wildman–Crippen MR) is 72.0 cm³/mol. The average Bonchev–Trinajstić information content (AvgIpc) is 2.28. The topological polar surface area (TPSA) is 21.3 Å². The molecule has 2 nitrogen and oxygen atoms in total. The molecule has 0 saturated heterocycles. The lowest BCUT2D eigenvalue weighted by atomic mass is 10.1. The molecule has 3 heteroatoms. The lowest BCUT2D eigenvalue weighted by molar-refractivity contribution is 0.413. The Morgan fingerprint density at radius 3 is 2.56 bits per heavy atom. The molecule has 1 N–H and O–H groups in total. The molecule has 0 saturated carbocycles. The summed E-state index contributed by atoms with van der Waals surface area (Å²) < 4.78 is 6.27. The molecular formula is C13H20BrNO. The van der Waals surface area contributed by atoms with Gasteiger partial charge in [-0.3, -0.25) is 0 Å². The van der Waals surface area contributed by atoms with Gasteiger partial charge in [-0.25, -0.2) is 0 Å². The SMILES string of the molecule is CCC(C)NC(C)c1ccc(OC)cc1Br. The minimum Gasteiger partial charge on any atom is -0.497 e. The van der Waals surface area contributed by atoms with Crippen LogP contribution in [0.25, 0.3) is 0 Å². The van der Waals surface area contributed by atoms with Gasteiger partial charge in [-0.15, -0.1) is 0 Å². The van der Waals surface area contributed by atoms with Crippen LogP contribution in [0.4, 0.5) is 0 Å². The molecule has 0 aliphatic heterocycles. The first-order valence-corrected chi connectivity index (χ1v) is 6.47. The maximum Gasteiger partial charge on any atom is 0.120 e. The van der Waals surface area contributed by atoms with Crippen LogP contribution in [0.3, 0.4) is 0 Å². The van der Waals surface area contributed by atoms with Crippen molar-refractivity contribution in [2.75, 3.05) is 7.11 Å². The van der Waals surface area contributed by atoms with Gasteiger partial charge in [-0.05, 0) is 38.0 Å². The summed E-state index contributed by atoms with van der Waals surface area (Å²) >= 11 is 3.58. The number of methoxy groups -OCH3 is 1. The maximum atomic E-state index is 5.18. The molecule has 1 rings (SSSR count). The molecule has 0 aliphatic carbocycles. The van der Waals surface area contributed by atoms with Gasteiger partial charge in [0.2, 0.25) is 0 Å². The summed E-state index contributed by atoms with van der Waals surface area (Å²) in [6.07, 6.45) is 1.14. The van der Waals surface area contributed by atoms with Gasteiger partial charge in [0.05, 0.1) is 7.11 Å². The van der Waals surface area contributed by atoms with Gasteiger partial charge in [0, 0.05) is 16.6 Å². The van der Waals surface area contributed by atoms with E-state index in [2.05, 4.69) is 48.1 Å². The van der Waals surface area contributed by atoms with Gasteiger partial charge >= 0.3 is 0 Å². The van der Waals surface area contributed by atoms with E-state index in [9.17, 15) is 0 Å². The van der Waals surface area contributed by atoms with E-state index in [0.717, 1.165) is 16.6 Å². The Balaban J connectivity index is 2.79. The lowest BCUT2D eigenvalue weighted by Crippen LogP contribution is -2.28. The van der Waals surface area contributed by atoms with Gasteiger partial charge in [0.15, 0.2) is 0 Å². The van der Waals surface area contributed by atoms with E-state index in [0.29, 0.717) is 12.1 Å². The van der Waals surface area contributed by atoms with Crippen LogP contribution >= 0.6 is 15.9 Å². The van der Waals surface area contributed by atoms with Crippen molar-refractivity contribution < 1.29 is 4.74 Å². The standard InChI is InChI=1S/C13H20BrNO/c1-5-9(2)15-10(3)12-7-6-11(16-4)8-13(12)14/h6-10,15H,5H2,1-4H3. The largest absolute Gasteiger partial charge is 0.497 e. The van der Waals surface area contributed by atoms with Crippen molar-refractivity contribution in [3.63, 3.8) is 0 Å². The van der Waals surface area contributed by atoms with Crippen LogP contribution in [-0.4, -0.2) is 13.2 Å². The van der Waals surface area contributed by atoms with E-state index >= 15 is 0 Å². The van der Waals surface area contributed by atoms with Crippen LogP contribution in [0.5, 0.6) is 5.75 Å². The van der Waals surface area contributed by atoms with Gasteiger partial charge in [-0.2, -0.15) is 0 Å². The van der Waals surface area contributed by atoms with Crippen LogP contribution in [0.2, 0.25) is 0 Å². The van der Waals surface area contributed by atoms with E-state index in [1.54, 1.807) is 7.11 Å². The third-order valence-corrected chi connectivity index (χ3v) is 3.51. The Labute approximate surface area is 107 Å². The molecular weight excluding hydrogens is 266 g/mol. The molecule has 16 heavy (non-hydrogen) atoms. The number of halogens is 1. The summed E-state index contributed by atoms with van der Waals surface area (Å²) in [5.74, 6) is 0.881. The third kappa shape index (κ3) is 3.49. The third-order valence-electron chi connectivity index (χ3n) is 2.82. The van der Waals surface area contributed by atoms with Gasteiger partial charge in [0.1, 0.15) is 5.75 Å². The molecule has 0 aliphatic rings. The Hall–Kier alpha value is -0.540. The van der Waals surface area contributed by atoms with Crippen molar-refractivity contribution in [3.8, 4) is 5.75 Å². The normalized spacial score (nSPS) is 14.6. The number of ether oxygens (including phenoxy) is 1. The van der Waals surface area contributed by atoms with E-state index < -0.39 is 0 Å². The van der Waals surface area contributed by atoms with Crippen LogP contribution in [0.1, 0.15) is 38.8 Å². The Morgan fingerprint density at radius 2 is 2.06 bits per heavy atom. The van der Waals surface area contributed by atoms with E-state index in [-0.39, 0.29) is 0 Å². The van der Waals surface area contributed by atoms with Gasteiger partial charge in [-0.1, -0.05) is 28.9 Å². The first-order chi connectivity index (χ1) is 7.58. The van der Waals surface area contributed by atoms with Crippen molar-refractivity contribution >= 4 is 15.9 Å². The van der Waals surface area contributed by atoms with Crippen molar-refractivity contribution in [1.82, 2.24) is 5.32 Å². The minimum absolute atomic E-state index is 0.343. The Morgan fingerprint density at radius 1 is 1.38 bits per heavy atom. The highest BCUT2D eigenvalue weighted by Gasteiger charge is 2.11. The molecule has 0 heterocycles. The highest BCUT2D eigenvalue weighted by atomic mass is 79.9. The second kappa shape index (κ2) is 6.26. The highest BCUT2D eigenvalue weighted by Crippen LogP contribution is 2.27. The highest BCUT2D eigenvalue weighted by molar-refractivity contribution is 9.10. The number of hydrogen-bond acceptors (Lipinski definition) is 2. The molecule has 0 radical (unpaired) electrons. The van der Waals surface area contributed by atoms with Crippen molar-refractivity contribution in [2.24, 2.45) is 0 Å². The molecule has 2 unspecified atom stereocenters.